The van der Waals surface area contributed by atoms with Crippen molar-refractivity contribution in [3.63, 3.8) is 0 Å². The monoisotopic (exact) mass is 304 g/mol. The van der Waals surface area contributed by atoms with Gasteiger partial charge in [-0.3, -0.25) is 0 Å². The van der Waals surface area contributed by atoms with E-state index in [1.807, 2.05) is 39.2 Å². The Balaban J connectivity index is 0.000000753. The highest BCUT2D eigenvalue weighted by molar-refractivity contribution is 5.63. The Hall–Kier alpha value is -2.67. The molecule has 2 aromatic heterocycles. The van der Waals surface area contributed by atoms with Gasteiger partial charge in [0.2, 0.25) is 0 Å². The number of fused-ring (bicyclic) bond motifs is 1. The van der Waals surface area contributed by atoms with E-state index in [-0.39, 0.29) is 5.41 Å². The summed E-state index contributed by atoms with van der Waals surface area (Å²) in [5.41, 5.74) is 4.84. The molecule has 0 saturated heterocycles. The number of benzene rings is 1. The van der Waals surface area contributed by atoms with Crippen molar-refractivity contribution < 1.29 is 0 Å². The van der Waals surface area contributed by atoms with E-state index in [1.165, 1.54) is 0 Å². The average molecular weight is 304 g/mol. The second-order valence-electron chi connectivity index (χ2n) is 5.68. The minimum absolute atomic E-state index is 0.224. The molecule has 0 N–H and O–H groups in total. The molecule has 0 atom stereocenters. The second kappa shape index (κ2) is 5.85. The highest BCUT2D eigenvalue weighted by Gasteiger charge is 2.44. The van der Waals surface area contributed by atoms with Gasteiger partial charge in [0.05, 0.1) is 23.4 Å². The molecule has 4 rings (SSSR count). The molecule has 1 aromatic carbocycles. The molecule has 4 nitrogen and oxygen atoms in total. The van der Waals surface area contributed by atoms with Crippen LogP contribution < -0.4 is 0 Å². The highest BCUT2D eigenvalue weighted by atomic mass is 15.2. The van der Waals surface area contributed by atoms with E-state index in [9.17, 15) is 5.26 Å². The van der Waals surface area contributed by atoms with Gasteiger partial charge >= 0.3 is 0 Å². The third kappa shape index (κ3) is 2.59. The van der Waals surface area contributed by atoms with Crippen LogP contribution in [-0.4, -0.2) is 14.6 Å². The van der Waals surface area contributed by atoms with Crippen LogP contribution in [0.1, 0.15) is 37.8 Å². The highest BCUT2D eigenvalue weighted by Crippen LogP contribution is 2.47. The van der Waals surface area contributed by atoms with Crippen molar-refractivity contribution in [3.8, 4) is 17.3 Å². The fourth-order valence-electron chi connectivity index (χ4n) is 2.69. The number of nitriles is 1. The Morgan fingerprint density at radius 3 is 2.43 bits per heavy atom. The van der Waals surface area contributed by atoms with Crippen LogP contribution in [0.15, 0.2) is 42.7 Å². The first-order valence-corrected chi connectivity index (χ1v) is 8.05. The Labute approximate surface area is 136 Å². The normalized spacial score (nSPS) is 14.7. The van der Waals surface area contributed by atoms with Gasteiger partial charge in [0.1, 0.15) is 0 Å². The number of rotatable bonds is 2. The Kier molecular flexibility index (Phi) is 3.87. The summed E-state index contributed by atoms with van der Waals surface area (Å²) in [7, 11) is 0. The fourth-order valence-corrected chi connectivity index (χ4v) is 2.69. The fraction of sp³-hybridized carbons (Fsp3) is 0.316. The van der Waals surface area contributed by atoms with Gasteiger partial charge < -0.3 is 0 Å². The molecule has 1 saturated carbocycles. The predicted molar refractivity (Wildman–Crippen MR) is 91.0 cm³/mol. The van der Waals surface area contributed by atoms with E-state index in [2.05, 4.69) is 40.4 Å². The number of nitrogens with zero attached hydrogens (tertiary/aromatic N) is 4. The minimum atomic E-state index is -0.224. The molecule has 1 fully saturated rings. The molecule has 0 spiro atoms. The lowest BCUT2D eigenvalue weighted by Crippen LogP contribution is -2.01. The van der Waals surface area contributed by atoms with Crippen molar-refractivity contribution >= 4 is 5.65 Å². The van der Waals surface area contributed by atoms with Gasteiger partial charge in [-0.1, -0.05) is 38.1 Å². The molecular formula is C19H20N4. The van der Waals surface area contributed by atoms with Crippen LogP contribution in [0.5, 0.6) is 0 Å². The summed E-state index contributed by atoms with van der Waals surface area (Å²) in [6, 6.07) is 12.6. The van der Waals surface area contributed by atoms with E-state index >= 15 is 0 Å². The van der Waals surface area contributed by atoms with E-state index in [4.69, 9.17) is 0 Å². The lowest BCUT2D eigenvalue weighted by molar-refractivity contribution is 0.908. The van der Waals surface area contributed by atoms with Crippen LogP contribution in [0.4, 0.5) is 0 Å². The number of aromatic nitrogens is 3. The third-order valence-electron chi connectivity index (χ3n) is 4.24. The van der Waals surface area contributed by atoms with Crippen LogP contribution in [0.3, 0.4) is 0 Å². The molecule has 0 amide bonds. The van der Waals surface area contributed by atoms with Crippen molar-refractivity contribution in [1.29, 1.82) is 5.26 Å². The largest absolute Gasteiger partial charge is 0.228 e. The smallest absolute Gasteiger partial charge is 0.158 e. The number of aryl methyl sites for hydroxylation is 1. The molecule has 116 valence electrons. The molecular weight excluding hydrogens is 284 g/mol. The van der Waals surface area contributed by atoms with E-state index in [1.54, 1.807) is 4.52 Å². The zero-order valence-corrected chi connectivity index (χ0v) is 13.7. The summed E-state index contributed by atoms with van der Waals surface area (Å²) < 4.78 is 1.78. The summed E-state index contributed by atoms with van der Waals surface area (Å²) in [6.45, 7) is 6.01. The van der Waals surface area contributed by atoms with Crippen LogP contribution in [-0.2, 0) is 5.41 Å². The van der Waals surface area contributed by atoms with Gasteiger partial charge in [0.25, 0.3) is 0 Å². The van der Waals surface area contributed by atoms with Crippen LogP contribution in [0.25, 0.3) is 16.9 Å². The molecule has 1 aliphatic rings. The van der Waals surface area contributed by atoms with Crippen LogP contribution in [0.2, 0.25) is 0 Å². The van der Waals surface area contributed by atoms with Crippen LogP contribution >= 0.6 is 0 Å². The quantitative estimate of drug-likeness (QED) is 0.710. The predicted octanol–water partition coefficient (Wildman–Crippen LogP) is 4.29. The van der Waals surface area contributed by atoms with Crippen molar-refractivity contribution in [2.45, 2.75) is 39.0 Å². The maximum absolute atomic E-state index is 9.25. The number of hydrogen-bond donors (Lipinski definition) is 0. The zero-order chi connectivity index (χ0) is 16.4. The lowest BCUT2D eigenvalue weighted by Gasteiger charge is -2.07. The lowest BCUT2D eigenvalue weighted by atomic mass is 9.96. The van der Waals surface area contributed by atoms with E-state index in [0.717, 1.165) is 40.9 Å². The van der Waals surface area contributed by atoms with Gasteiger partial charge in [0, 0.05) is 17.3 Å². The van der Waals surface area contributed by atoms with Gasteiger partial charge in [-0.05, 0) is 31.4 Å². The first kappa shape index (κ1) is 15.2. The van der Waals surface area contributed by atoms with Gasteiger partial charge in [0.15, 0.2) is 5.65 Å². The SMILES string of the molecule is CC.Cc1cnn2ccc(-c3ccc(C4(C#N)CC4)cc3)nc12. The maximum Gasteiger partial charge on any atom is 0.158 e. The Morgan fingerprint density at radius 1 is 1.13 bits per heavy atom. The van der Waals surface area contributed by atoms with Gasteiger partial charge in [-0.25, -0.2) is 9.50 Å². The van der Waals surface area contributed by atoms with Crippen molar-refractivity contribution in [3.05, 3.63) is 53.9 Å². The molecule has 4 heteroatoms. The zero-order valence-electron chi connectivity index (χ0n) is 13.7. The number of hydrogen-bond acceptors (Lipinski definition) is 3. The van der Waals surface area contributed by atoms with Crippen LogP contribution in [0, 0.1) is 18.3 Å². The van der Waals surface area contributed by atoms with Crippen molar-refractivity contribution in [1.82, 2.24) is 14.6 Å². The Morgan fingerprint density at radius 2 is 1.83 bits per heavy atom. The summed E-state index contributed by atoms with van der Waals surface area (Å²) in [4.78, 5) is 4.67. The maximum atomic E-state index is 9.25. The second-order valence-corrected chi connectivity index (χ2v) is 5.68. The standard InChI is InChI=1S/C17H14N4.C2H6/c1-12-10-19-21-9-6-15(20-16(12)21)13-2-4-14(5-3-13)17(11-18)7-8-17;1-2/h2-6,9-10H,7-8H2,1H3;1-2H3. The Bertz CT molecular complexity index is 865. The summed E-state index contributed by atoms with van der Waals surface area (Å²) >= 11 is 0. The average Bonchev–Trinajstić information content (AvgIpc) is 3.35. The molecule has 0 unspecified atom stereocenters. The van der Waals surface area contributed by atoms with Crippen molar-refractivity contribution in [2.75, 3.05) is 0 Å². The third-order valence-corrected chi connectivity index (χ3v) is 4.24. The molecule has 23 heavy (non-hydrogen) atoms. The van der Waals surface area contributed by atoms with Gasteiger partial charge in [-0.2, -0.15) is 10.4 Å². The minimum Gasteiger partial charge on any atom is -0.228 e. The molecule has 3 aromatic rings. The van der Waals surface area contributed by atoms with E-state index in [0.29, 0.717) is 0 Å². The van der Waals surface area contributed by atoms with E-state index < -0.39 is 0 Å². The first-order valence-electron chi connectivity index (χ1n) is 8.05. The molecule has 1 aliphatic carbocycles. The first-order chi connectivity index (χ1) is 11.2. The molecule has 0 aliphatic heterocycles. The van der Waals surface area contributed by atoms with Gasteiger partial charge in [-0.15, -0.1) is 0 Å². The molecule has 0 radical (unpaired) electrons. The summed E-state index contributed by atoms with van der Waals surface area (Å²) in [5.74, 6) is 0. The van der Waals surface area contributed by atoms with Crippen molar-refractivity contribution in [2.24, 2.45) is 0 Å². The molecule has 2 heterocycles. The summed E-state index contributed by atoms with van der Waals surface area (Å²) in [5, 5.41) is 13.5. The molecule has 0 bridgehead atoms. The topological polar surface area (TPSA) is 54.0 Å². The summed E-state index contributed by atoms with van der Waals surface area (Å²) in [6.07, 6.45) is 5.69.